The lowest BCUT2D eigenvalue weighted by molar-refractivity contribution is -0.108. The van der Waals surface area contributed by atoms with Gasteiger partial charge in [-0.25, -0.2) is 0 Å². The van der Waals surface area contributed by atoms with E-state index in [1.165, 1.54) is 6.08 Å². The van der Waals surface area contributed by atoms with E-state index in [-0.39, 0.29) is 24.1 Å². The van der Waals surface area contributed by atoms with Crippen molar-refractivity contribution in [2.45, 2.75) is 6.42 Å². The highest BCUT2D eigenvalue weighted by Gasteiger charge is 2.10. The molecule has 0 spiro atoms. The largest absolute Gasteiger partial charge is 0.490 e. The van der Waals surface area contributed by atoms with Crippen LogP contribution < -0.4 is 9.47 Å². The number of rotatable bonds is 7. The van der Waals surface area contributed by atoms with Gasteiger partial charge in [-0.1, -0.05) is 46.4 Å². The molecule has 104 valence electrons. The third-order valence-electron chi connectivity index (χ3n) is 1.94. The maximum atomic E-state index is 10.2. The van der Waals surface area contributed by atoms with Gasteiger partial charge in [0.25, 0.3) is 0 Å². The van der Waals surface area contributed by atoms with E-state index in [9.17, 15) is 4.79 Å². The van der Waals surface area contributed by atoms with Gasteiger partial charge in [0.05, 0.1) is 16.7 Å². The first-order chi connectivity index (χ1) is 9.04. The molecule has 0 aliphatic heterocycles. The molecule has 0 bridgehead atoms. The zero-order chi connectivity index (χ0) is 14.3. The number of halogens is 4. The summed E-state index contributed by atoms with van der Waals surface area (Å²) in [6.07, 6.45) is 2.50. The molecule has 0 aliphatic rings. The fraction of sp³-hybridized carbons (Fsp3) is 0.250. The summed E-state index contributed by atoms with van der Waals surface area (Å²) < 4.78 is 10.8. The second kappa shape index (κ2) is 8.54. The summed E-state index contributed by atoms with van der Waals surface area (Å²) in [6.45, 7) is 0.411. The van der Waals surface area contributed by atoms with Crippen LogP contribution in [0, 0.1) is 0 Å². The highest BCUT2D eigenvalue weighted by Crippen LogP contribution is 2.37. The molecule has 3 nitrogen and oxygen atoms in total. The molecule has 1 rings (SSSR count). The van der Waals surface area contributed by atoms with Crippen molar-refractivity contribution in [3.8, 4) is 11.5 Å². The lowest BCUT2D eigenvalue weighted by Gasteiger charge is -2.11. The Kier molecular flexibility index (Phi) is 7.39. The van der Waals surface area contributed by atoms with Crippen molar-refractivity contribution in [1.82, 2.24) is 0 Å². The highest BCUT2D eigenvalue weighted by atomic mass is 35.5. The van der Waals surface area contributed by atoms with Gasteiger partial charge in [0, 0.05) is 18.6 Å². The Labute approximate surface area is 131 Å². The number of benzene rings is 1. The molecule has 0 atom stereocenters. The van der Waals surface area contributed by atoms with Crippen LogP contribution in [0.25, 0.3) is 0 Å². The van der Waals surface area contributed by atoms with E-state index in [4.69, 9.17) is 55.9 Å². The standard InChI is InChI=1S/C12H10Cl4O3/c13-9-6-8(18-5-2-11(15)16)7-10(14)12(9)19-4-1-3-17/h2-3,6-7H,1,4-5H2. The number of hydrogen-bond donors (Lipinski definition) is 0. The summed E-state index contributed by atoms with van der Waals surface area (Å²) in [5.74, 6) is 0.784. The van der Waals surface area contributed by atoms with Crippen molar-refractivity contribution in [2.75, 3.05) is 13.2 Å². The van der Waals surface area contributed by atoms with Gasteiger partial charge in [-0.15, -0.1) is 0 Å². The molecule has 0 amide bonds. The van der Waals surface area contributed by atoms with E-state index >= 15 is 0 Å². The summed E-state index contributed by atoms with van der Waals surface area (Å²) >= 11 is 22.9. The lowest BCUT2D eigenvalue weighted by atomic mass is 10.3. The van der Waals surface area contributed by atoms with Crippen LogP contribution in [0.2, 0.25) is 10.0 Å². The molecular formula is C12H10Cl4O3. The molecule has 0 fully saturated rings. The van der Waals surface area contributed by atoms with Crippen LogP contribution in [0.4, 0.5) is 0 Å². The van der Waals surface area contributed by atoms with Gasteiger partial charge in [-0.3, -0.25) is 0 Å². The van der Waals surface area contributed by atoms with Crippen LogP contribution >= 0.6 is 46.4 Å². The minimum absolute atomic E-state index is 0.117. The van der Waals surface area contributed by atoms with E-state index in [1.54, 1.807) is 12.1 Å². The van der Waals surface area contributed by atoms with Crippen molar-refractivity contribution in [3.05, 3.63) is 32.7 Å². The monoisotopic (exact) mass is 342 g/mol. The van der Waals surface area contributed by atoms with Crippen molar-refractivity contribution in [3.63, 3.8) is 0 Å². The first-order valence-corrected chi connectivity index (χ1v) is 6.75. The Morgan fingerprint density at radius 1 is 1.16 bits per heavy atom. The first kappa shape index (κ1) is 16.4. The van der Waals surface area contributed by atoms with Gasteiger partial charge in [-0.05, 0) is 6.08 Å². The van der Waals surface area contributed by atoms with Crippen molar-refractivity contribution in [2.24, 2.45) is 0 Å². The quantitative estimate of drug-likeness (QED) is 0.533. The average molecular weight is 344 g/mol. The molecular weight excluding hydrogens is 334 g/mol. The van der Waals surface area contributed by atoms with Crippen LogP contribution in [0.15, 0.2) is 22.7 Å². The predicted octanol–water partition coefficient (Wildman–Crippen LogP) is 4.66. The Morgan fingerprint density at radius 3 is 2.32 bits per heavy atom. The zero-order valence-corrected chi connectivity index (χ0v) is 12.7. The predicted molar refractivity (Wildman–Crippen MR) is 77.9 cm³/mol. The normalized spacial score (nSPS) is 9.89. The second-order valence-electron chi connectivity index (χ2n) is 3.32. The van der Waals surface area contributed by atoms with Crippen LogP contribution in [0.5, 0.6) is 11.5 Å². The first-order valence-electron chi connectivity index (χ1n) is 5.24. The van der Waals surface area contributed by atoms with Gasteiger partial charge in [-0.2, -0.15) is 0 Å². The van der Waals surface area contributed by atoms with Gasteiger partial charge < -0.3 is 14.3 Å². The van der Waals surface area contributed by atoms with Crippen LogP contribution in [-0.4, -0.2) is 19.5 Å². The van der Waals surface area contributed by atoms with E-state index < -0.39 is 0 Å². The minimum Gasteiger partial charge on any atom is -0.490 e. The lowest BCUT2D eigenvalue weighted by Crippen LogP contribution is -2.00. The van der Waals surface area contributed by atoms with Gasteiger partial charge in [0.2, 0.25) is 0 Å². The number of aldehydes is 1. The highest BCUT2D eigenvalue weighted by molar-refractivity contribution is 6.55. The minimum atomic E-state index is 0.117. The Hall–Kier alpha value is -0.610. The third-order valence-corrected chi connectivity index (χ3v) is 2.81. The molecule has 0 N–H and O–H groups in total. The summed E-state index contributed by atoms with van der Waals surface area (Å²) in [5.41, 5.74) is 0. The Morgan fingerprint density at radius 2 is 1.79 bits per heavy atom. The number of ether oxygens (including phenoxy) is 2. The molecule has 0 saturated heterocycles. The Balaban J connectivity index is 2.72. The fourth-order valence-electron chi connectivity index (χ4n) is 1.17. The van der Waals surface area contributed by atoms with Gasteiger partial charge in [0.1, 0.15) is 23.1 Å². The maximum Gasteiger partial charge on any atom is 0.156 e. The zero-order valence-electron chi connectivity index (χ0n) is 9.67. The van der Waals surface area contributed by atoms with Crippen molar-refractivity contribution in [1.29, 1.82) is 0 Å². The molecule has 0 aromatic heterocycles. The van der Waals surface area contributed by atoms with Crippen LogP contribution in [0.3, 0.4) is 0 Å². The van der Waals surface area contributed by atoms with Crippen LogP contribution in [-0.2, 0) is 4.79 Å². The van der Waals surface area contributed by atoms with Gasteiger partial charge >= 0.3 is 0 Å². The fourth-order valence-corrected chi connectivity index (χ4v) is 1.87. The average Bonchev–Trinajstić information content (AvgIpc) is 2.32. The van der Waals surface area contributed by atoms with Crippen molar-refractivity contribution >= 4 is 52.7 Å². The molecule has 0 unspecified atom stereocenters. The second-order valence-corrected chi connectivity index (χ2v) is 5.15. The number of hydrogen-bond acceptors (Lipinski definition) is 3. The summed E-state index contributed by atoms with van der Waals surface area (Å²) in [4.78, 5) is 10.2. The van der Waals surface area contributed by atoms with Crippen LogP contribution in [0.1, 0.15) is 6.42 Å². The van der Waals surface area contributed by atoms with E-state index in [0.29, 0.717) is 21.5 Å². The van der Waals surface area contributed by atoms with Crippen molar-refractivity contribution < 1.29 is 14.3 Å². The summed E-state index contributed by atoms with van der Waals surface area (Å²) in [6, 6.07) is 3.11. The van der Waals surface area contributed by atoms with E-state index in [1.807, 2.05) is 0 Å². The third kappa shape index (κ3) is 5.91. The van der Waals surface area contributed by atoms with E-state index in [2.05, 4.69) is 0 Å². The molecule has 0 radical (unpaired) electrons. The SMILES string of the molecule is O=CCCOc1c(Cl)cc(OCC=C(Cl)Cl)cc1Cl. The van der Waals surface area contributed by atoms with E-state index in [0.717, 1.165) is 6.29 Å². The molecule has 7 heteroatoms. The Bertz CT molecular complexity index is 447. The molecule has 1 aromatic carbocycles. The molecule has 1 aromatic rings. The topological polar surface area (TPSA) is 35.5 Å². The maximum absolute atomic E-state index is 10.2. The summed E-state index contributed by atoms with van der Waals surface area (Å²) in [7, 11) is 0. The molecule has 0 saturated carbocycles. The number of carbonyl (C=O) groups excluding carboxylic acids is 1. The molecule has 19 heavy (non-hydrogen) atoms. The van der Waals surface area contributed by atoms with Gasteiger partial charge in [0.15, 0.2) is 5.75 Å². The molecule has 0 aliphatic carbocycles. The molecule has 0 heterocycles. The summed E-state index contributed by atoms with van der Waals surface area (Å²) in [5, 5.41) is 0.601. The smallest absolute Gasteiger partial charge is 0.156 e. The number of carbonyl (C=O) groups is 1.